The van der Waals surface area contributed by atoms with Gasteiger partial charge >= 0.3 is 0 Å². The lowest BCUT2D eigenvalue weighted by molar-refractivity contribution is -0.116. The highest BCUT2D eigenvalue weighted by Gasteiger charge is 2.09. The summed E-state index contributed by atoms with van der Waals surface area (Å²) in [6, 6.07) is 10.2. The predicted octanol–water partition coefficient (Wildman–Crippen LogP) is 4.81. The SMILES string of the molecule is COc1ccc(OC)c(NC(=O)CCCOc2ccc(Cl)cc2Cl)c1. The molecule has 134 valence electrons. The summed E-state index contributed by atoms with van der Waals surface area (Å²) in [6.45, 7) is 0.365. The third-order valence-electron chi connectivity index (χ3n) is 3.38. The Bertz CT molecular complexity index is 737. The molecule has 0 fully saturated rings. The Hall–Kier alpha value is -2.11. The van der Waals surface area contributed by atoms with Crippen molar-refractivity contribution in [3.05, 3.63) is 46.4 Å². The normalized spacial score (nSPS) is 10.2. The number of anilines is 1. The van der Waals surface area contributed by atoms with Crippen LogP contribution >= 0.6 is 23.2 Å². The minimum atomic E-state index is -0.141. The molecule has 2 aromatic carbocycles. The molecule has 7 heteroatoms. The highest BCUT2D eigenvalue weighted by Crippen LogP contribution is 2.29. The monoisotopic (exact) mass is 383 g/mol. The van der Waals surface area contributed by atoms with Gasteiger partial charge in [0.25, 0.3) is 0 Å². The molecule has 0 radical (unpaired) electrons. The summed E-state index contributed by atoms with van der Waals surface area (Å²) >= 11 is 11.9. The molecule has 0 saturated heterocycles. The Balaban J connectivity index is 1.83. The fraction of sp³-hybridized carbons (Fsp3) is 0.278. The second kappa shape index (κ2) is 9.39. The molecule has 0 bridgehead atoms. The maximum Gasteiger partial charge on any atom is 0.224 e. The molecular formula is C18H19Cl2NO4. The van der Waals surface area contributed by atoms with E-state index in [9.17, 15) is 4.79 Å². The fourth-order valence-electron chi connectivity index (χ4n) is 2.13. The molecule has 0 aliphatic heterocycles. The summed E-state index contributed by atoms with van der Waals surface area (Å²) in [4.78, 5) is 12.1. The van der Waals surface area contributed by atoms with Crippen molar-refractivity contribution in [3.8, 4) is 17.2 Å². The molecule has 2 rings (SSSR count). The van der Waals surface area contributed by atoms with Crippen LogP contribution in [-0.4, -0.2) is 26.7 Å². The molecular weight excluding hydrogens is 365 g/mol. The van der Waals surface area contributed by atoms with E-state index in [0.29, 0.717) is 52.4 Å². The summed E-state index contributed by atoms with van der Waals surface area (Å²) in [5, 5.41) is 3.80. The Labute approximate surface area is 156 Å². The van der Waals surface area contributed by atoms with Crippen molar-refractivity contribution >= 4 is 34.8 Å². The molecule has 0 aliphatic carbocycles. The summed E-state index contributed by atoms with van der Waals surface area (Å²) in [6.07, 6.45) is 0.836. The van der Waals surface area contributed by atoms with Crippen LogP contribution < -0.4 is 19.5 Å². The van der Waals surface area contributed by atoms with Crippen LogP contribution in [0.4, 0.5) is 5.69 Å². The number of nitrogens with one attached hydrogen (secondary N) is 1. The number of carbonyl (C=O) groups is 1. The first kappa shape index (κ1) is 19.2. The molecule has 5 nitrogen and oxygen atoms in total. The molecule has 0 unspecified atom stereocenters. The van der Waals surface area contributed by atoms with E-state index in [4.69, 9.17) is 37.4 Å². The van der Waals surface area contributed by atoms with E-state index >= 15 is 0 Å². The lowest BCUT2D eigenvalue weighted by atomic mass is 10.2. The highest BCUT2D eigenvalue weighted by molar-refractivity contribution is 6.35. The number of benzene rings is 2. The van der Waals surface area contributed by atoms with E-state index in [0.717, 1.165) is 0 Å². The van der Waals surface area contributed by atoms with Gasteiger partial charge in [-0.2, -0.15) is 0 Å². The topological polar surface area (TPSA) is 56.8 Å². The number of carbonyl (C=O) groups excluding carboxylic acids is 1. The van der Waals surface area contributed by atoms with Gasteiger partial charge in [-0.3, -0.25) is 4.79 Å². The van der Waals surface area contributed by atoms with E-state index in [1.165, 1.54) is 0 Å². The Morgan fingerprint density at radius 3 is 2.48 bits per heavy atom. The van der Waals surface area contributed by atoms with Gasteiger partial charge in [0.2, 0.25) is 5.91 Å². The third-order valence-corrected chi connectivity index (χ3v) is 3.91. The molecule has 0 aliphatic rings. The number of amides is 1. The maximum atomic E-state index is 12.1. The highest BCUT2D eigenvalue weighted by atomic mass is 35.5. The van der Waals surface area contributed by atoms with Gasteiger partial charge in [0.1, 0.15) is 17.2 Å². The van der Waals surface area contributed by atoms with Crippen molar-refractivity contribution in [1.82, 2.24) is 0 Å². The Kier molecular flexibility index (Phi) is 7.22. The molecule has 0 saturated carbocycles. The summed E-state index contributed by atoms with van der Waals surface area (Å²) in [7, 11) is 3.10. The van der Waals surface area contributed by atoms with Crippen LogP contribution in [0, 0.1) is 0 Å². The largest absolute Gasteiger partial charge is 0.497 e. The van der Waals surface area contributed by atoms with Crippen LogP contribution in [0.15, 0.2) is 36.4 Å². The van der Waals surface area contributed by atoms with Gasteiger partial charge in [-0.1, -0.05) is 23.2 Å². The lowest BCUT2D eigenvalue weighted by Gasteiger charge is -2.12. The zero-order valence-electron chi connectivity index (χ0n) is 14.0. The molecule has 25 heavy (non-hydrogen) atoms. The smallest absolute Gasteiger partial charge is 0.224 e. The van der Waals surface area contributed by atoms with Crippen LogP contribution in [0.3, 0.4) is 0 Å². The van der Waals surface area contributed by atoms with E-state index in [1.807, 2.05) is 0 Å². The average Bonchev–Trinajstić information content (AvgIpc) is 2.60. The minimum Gasteiger partial charge on any atom is -0.497 e. The number of hydrogen-bond donors (Lipinski definition) is 1. The summed E-state index contributed by atoms with van der Waals surface area (Å²) < 4.78 is 15.9. The molecule has 2 aromatic rings. The van der Waals surface area contributed by atoms with Gasteiger partial charge < -0.3 is 19.5 Å². The van der Waals surface area contributed by atoms with Gasteiger partial charge in [0.05, 0.1) is 31.5 Å². The summed E-state index contributed by atoms with van der Waals surface area (Å²) in [5.41, 5.74) is 0.563. The van der Waals surface area contributed by atoms with Crippen LogP contribution in [-0.2, 0) is 4.79 Å². The van der Waals surface area contributed by atoms with Gasteiger partial charge in [-0.15, -0.1) is 0 Å². The number of rotatable bonds is 8. The standard InChI is InChI=1S/C18H19Cl2NO4/c1-23-13-6-8-17(24-2)15(11-13)21-18(22)4-3-9-25-16-7-5-12(19)10-14(16)20/h5-8,10-11H,3-4,9H2,1-2H3,(H,21,22). The maximum absolute atomic E-state index is 12.1. The lowest BCUT2D eigenvalue weighted by Crippen LogP contribution is -2.13. The molecule has 0 heterocycles. The number of halogens is 2. The van der Waals surface area contributed by atoms with Crippen LogP contribution in [0.25, 0.3) is 0 Å². The second-order valence-corrected chi connectivity index (χ2v) is 5.98. The van der Waals surface area contributed by atoms with E-state index in [1.54, 1.807) is 50.6 Å². The van der Waals surface area contributed by atoms with E-state index in [2.05, 4.69) is 5.32 Å². The zero-order valence-corrected chi connectivity index (χ0v) is 15.5. The van der Waals surface area contributed by atoms with Crippen LogP contribution in [0.5, 0.6) is 17.2 Å². The van der Waals surface area contributed by atoms with Gasteiger partial charge in [-0.25, -0.2) is 0 Å². The zero-order chi connectivity index (χ0) is 18.2. The van der Waals surface area contributed by atoms with Crippen molar-refractivity contribution in [1.29, 1.82) is 0 Å². The first-order valence-corrected chi connectivity index (χ1v) is 8.39. The van der Waals surface area contributed by atoms with Gasteiger partial charge in [0, 0.05) is 17.5 Å². The van der Waals surface area contributed by atoms with Crippen molar-refractivity contribution < 1.29 is 19.0 Å². The third kappa shape index (κ3) is 5.73. The van der Waals surface area contributed by atoms with Crippen LogP contribution in [0.1, 0.15) is 12.8 Å². The molecule has 0 aromatic heterocycles. The molecule has 1 N–H and O–H groups in total. The first-order chi connectivity index (χ1) is 12.0. The van der Waals surface area contributed by atoms with Crippen molar-refractivity contribution in [2.45, 2.75) is 12.8 Å². The molecule has 0 atom stereocenters. The quantitative estimate of drug-likeness (QED) is 0.664. The molecule has 1 amide bonds. The van der Waals surface area contributed by atoms with Gasteiger partial charge in [0.15, 0.2) is 0 Å². The number of methoxy groups -OCH3 is 2. The predicted molar refractivity (Wildman–Crippen MR) is 99.4 cm³/mol. The van der Waals surface area contributed by atoms with Crippen molar-refractivity contribution in [2.75, 3.05) is 26.1 Å². The second-order valence-electron chi connectivity index (χ2n) is 5.14. The molecule has 0 spiro atoms. The number of ether oxygens (including phenoxy) is 3. The van der Waals surface area contributed by atoms with E-state index in [-0.39, 0.29) is 5.91 Å². The minimum absolute atomic E-state index is 0.141. The summed E-state index contributed by atoms with van der Waals surface area (Å²) in [5.74, 6) is 1.61. The van der Waals surface area contributed by atoms with Crippen molar-refractivity contribution in [3.63, 3.8) is 0 Å². The van der Waals surface area contributed by atoms with Gasteiger partial charge in [-0.05, 0) is 36.8 Å². The fourth-order valence-corrected chi connectivity index (χ4v) is 2.59. The first-order valence-electron chi connectivity index (χ1n) is 7.63. The average molecular weight is 384 g/mol. The van der Waals surface area contributed by atoms with Crippen molar-refractivity contribution in [2.24, 2.45) is 0 Å². The Morgan fingerprint density at radius 2 is 1.80 bits per heavy atom. The number of hydrogen-bond acceptors (Lipinski definition) is 4. The van der Waals surface area contributed by atoms with Crippen LogP contribution in [0.2, 0.25) is 10.0 Å². The van der Waals surface area contributed by atoms with E-state index < -0.39 is 0 Å². The Morgan fingerprint density at radius 1 is 1.04 bits per heavy atom.